The lowest BCUT2D eigenvalue weighted by Gasteiger charge is -2.35. The zero-order chi connectivity index (χ0) is 23.0. The lowest BCUT2D eigenvalue weighted by atomic mass is 10.1. The summed E-state index contributed by atoms with van der Waals surface area (Å²) in [7, 11) is 1.91. The van der Waals surface area contributed by atoms with E-state index in [0.717, 1.165) is 67.3 Å². The van der Waals surface area contributed by atoms with Crippen LogP contribution in [-0.2, 0) is 6.42 Å². The van der Waals surface area contributed by atoms with Crippen LogP contribution in [0.15, 0.2) is 48.7 Å². The van der Waals surface area contributed by atoms with Gasteiger partial charge in [0.25, 0.3) is 0 Å². The van der Waals surface area contributed by atoms with Gasteiger partial charge in [0.1, 0.15) is 17.5 Å². The summed E-state index contributed by atoms with van der Waals surface area (Å²) in [5, 5.41) is 6.75. The van der Waals surface area contributed by atoms with Crippen molar-refractivity contribution in [1.82, 2.24) is 15.0 Å². The van der Waals surface area contributed by atoms with Crippen molar-refractivity contribution in [3.05, 3.63) is 59.8 Å². The largest absolute Gasteiger partial charge is 0.373 e. The Balaban J connectivity index is 1.46. The summed E-state index contributed by atoms with van der Waals surface area (Å²) in [6.07, 6.45) is 6.77. The minimum Gasteiger partial charge on any atom is -0.373 e. The van der Waals surface area contributed by atoms with Crippen molar-refractivity contribution in [2.45, 2.75) is 39.5 Å². The Morgan fingerprint density at radius 1 is 0.879 bits per heavy atom. The van der Waals surface area contributed by atoms with Crippen LogP contribution in [0, 0.1) is 6.92 Å². The van der Waals surface area contributed by atoms with Gasteiger partial charge in [0.05, 0.1) is 0 Å². The highest BCUT2D eigenvalue weighted by Crippen LogP contribution is 2.27. The molecule has 7 heteroatoms. The van der Waals surface area contributed by atoms with E-state index < -0.39 is 0 Å². The molecule has 0 saturated carbocycles. The van der Waals surface area contributed by atoms with E-state index in [9.17, 15) is 0 Å². The van der Waals surface area contributed by atoms with Crippen molar-refractivity contribution in [3.63, 3.8) is 0 Å². The minimum atomic E-state index is 0.754. The second-order valence-electron chi connectivity index (χ2n) is 8.54. The van der Waals surface area contributed by atoms with Crippen LogP contribution in [0.4, 0.5) is 29.1 Å². The summed E-state index contributed by atoms with van der Waals surface area (Å²) in [6.45, 7) is 7.79. The second kappa shape index (κ2) is 11.0. The lowest BCUT2D eigenvalue weighted by Crippen LogP contribution is -2.47. The number of nitrogens with one attached hydrogen (secondary N) is 2. The molecule has 7 nitrogen and oxygen atoms in total. The zero-order valence-electron chi connectivity index (χ0n) is 20.0. The Kier molecular flexibility index (Phi) is 7.60. The number of hydrogen-bond acceptors (Lipinski definition) is 7. The Hall–Kier alpha value is -3.35. The number of aromatic nitrogens is 3. The van der Waals surface area contributed by atoms with Crippen LogP contribution in [0.2, 0.25) is 0 Å². The van der Waals surface area contributed by atoms with E-state index in [4.69, 9.17) is 9.97 Å². The van der Waals surface area contributed by atoms with Crippen molar-refractivity contribution >= 4 is 29.1 Å². The summed E-state index contributed by atoms with van der Waals surface area (Å²) < 4.78 is 0. The number of rotatable bonds is 9. The summed E-state index contributed by atoms with van der Waals surface area (Å²) in [5.74, 6) is 3.48. The van der Waals surface area contributed by atoms with Crippen LogP contribution in [0.5, 0.6) is 0 Å². The highest BCUT2D eigenvalue weighted by Gasteiger charge is 2.22. The van der Waals surface area contributed by atoms with Gasteiger partial charge in [-0.15, -0.1) is 0 Å². The van der Waals surface area contributed by atoms with E-state index in [2.05, 4.69) is 69.6 Å². The van der Waals surface area contributed by atoms with Gasteiger partial charge in [-0.1, -0.05) is 38.0 Å². The Labute approximate surface area is 197 Å². The van der Waals surface area contributed by atoms with Crippen molar-refractivity contribution in [3.8, 4) is 0 Å². The van der Waals surface area contributed by atoms with Gasteiger partial charge < -0.3 is 20.4 Å². The Morgan fingerprint density at radius 3 is 2.27 bits per heavy atom. The SMILES string of the molecule is CCCCCc1ccc(Nc2nc(N3CCN(c4ccccn4)CC3)nc(NC)c2C)cc1. The van der Waals surface area contributed by atoms with Crippen molar-refractivity contribution in [2.75, 3.05) is 53.7 Å². The van der Waals surface area contributed by atoms with Crippen LogP contribution < -0.4 is 20.4 Å². The third-order valence-corrected chi connectivity index (χ3v) is 6.19. The third-order valence-electron chi connectivity index (χ3n) is 6.19. The van der Waals surface area contributed by atoms with E-state index in [1.807, 2.05) is 25.4 Å². The number of piperazine rings is 1. The molecule has 0 atom stereocenters. The van der Waals surface area contributed by atoms with Gasteiger partial charge in [0, 0.05) is 50.7 Å². The quantitative estimate of drug-likeness (QED) is 0.448. The molecule has 0 bridgehead atoms. The summed E-state index contributed by atoms with van der Waals surface area (Å²) >= 11 is 0. The first kappa shape index (κ1) is 22.8. The maximum absolute atomic E-state index is 4.91. The molecule has 33 heavy (non-hydrogen) atoms. The monoisotopic (exact) mass is 445 g/mol. The van der Waals surface area contributed by atoms with Crippen LogP contribution in [0.1, 0.15) is 37.3 Å². The third kappa shape index (κ3) is 5.72. The summed E-state index contributed by atoms with van der Waals surface area (Å²) in [6, 6.07) is 14.8. The molecule has 0 aliphatic carbocycles. The van der Waals surface area contributed by atoms with Gasteiger partial charge >= 0.3 is 0 Å². The number of pyridine rings is 1. The molecule has 0 amide bonds. The van der Waals surface area contributed by atoms with Gasteiger partial charge in [-0.05, 0) is 49.6 Å². The summed E-state index contributed by atoms with van der Waals surface area (Å²) in [4.78, 5) is 18.8. The van der Waals surface area contributed by atoms with E-state index in [-0.39, 0.29) is 0 Å². The molecule has 174 valence electrons. The number of benzene rings is 1. The number of unbranched alkanes of at least 4 members (excludes halogenated alkanes) is 2. The molecule has 2 N–H and O–H groups in total. The van der Waals surface area contributed by atoms with E-state index in [1.165, 1.54) is 24.8 Å². The fourth-order valence-electron chi connectivity index (χ4n) is 4.16. The fraction of sp³-hybridized carbons (Fsp3) is 0.423. The number of nitrogens with zero attached hydrogens (tertiary/aromatic N) is 5. The first-order chi connectivity index (χ1) is 16.2. The maximum atomic E-state index is 4.91. The molecule has 3 heterocycles. The average molecular weight is 446 g/mol. The van der Waals surface area contributed by atoms with Gasteiger partial charge in [0.15, 0.2) is 0 Å². The molecule has 2 aromatic heterocycles. The molecule has 1 aliphatic rings. The number of hydrogen-bond donors (Lipinski definition) is 2. The molecule has 0 radical (unpaired) electrons. The molecular formula is C26H35N7. The Morgan fingerprint density at radius 2 is 1.61 bits per heavy atom. The molecule has 3 aromatic rings. The zero-order valence-corrected chi connectivity index (χ0v) is 20.0. The molecule has 1 aromatic carbocycles. The molecule has 1 aliphatic heterocycles. The molecule has 0 spiro atoms. The van der Waals surface area contributed by atoms with Crippen LogP contribution in [0.3, 0.4) is 0 Å². The van der Waals surface area contributed by atoms with Crippen LogP contribution >= 0.6 is 0 Å². The smallest absolute Gasteiger partial charge is 0.229 e. The predicted octanol–water partition coefficient (Wildman–Crippen LogP) is 5.02. The van der Waals surface area contributed by atoms with Gasteiger partial charge in [-0.25, -0.2) is 4.98 Å². The van der Waals surface area contributed by atoms with Gasteiger partial charge in [-0.3, -0.25) is 0 Å². The van der Waals surface area contributed by atoms with Crippen LogP contribution in [-0.4, -0.2) is 48.2 Å². The minimum absolute atomic E-state index is 0.754. The van der Waals surface area contributed by atoms with Crippen molar-refractivity contribution < 1.29 is 0 Å². The predicted molar refractivity (Wildman–Crippen MR) is 138 cm³/mol. The van der Waals surface area contributed by atoms with E-state index in [0.29, 0.717) is 0 Å². The van der Waals surface area contributed by atoms with Crippen molar-refractivity contribution in [1.29, 1.82) is 0 Å². The second-order valence-corrected chi connectivity index (χ2v) is 8.54. The molecular weight excluding hydrogens is 410 g/mol. The fourth-order valence-corrected chi connectivity index (χ4v) is 4.16. The highest BCUT2D eigenvalue weighted by atomic mass is 15.3. The number of aryl methyl sites for hydroxylation is 1. The van der Waals surface area contributed by atoms with Crippen LogP contribution in [0.25, 0.3) is 0 Å². The van der Waals surface area contributed by atoms with E-state index >= 15 is 0 Å². The first-order valence-electron chi connectivity index (χ1n) is 12.0. The first-order valence-corrected chi connectivity index (χ1v) is 12.0. The summed E-state index contributed by atoms with van der Waals surface area (Å²) in [5.41, 5.74) is 3.44. The van der Waals surface area contributed by atoms with Crippen molar-refractivity contribution in [2.24, 2.45) is 0 Å². The topological polar surface area (TPSA) is 69.2 Å². The molecule has 1 fully saturated rings. The van der Waals surface area contributed by atoms with Gasteiger partial charge in [-0.2, -0.15) is 9.97 Å². The molecule has 0 unspecified atom stereocenters. The average Bonchev–Trinajstić information content (AvgIpc) is 2.87. The molecule has 4 rings (SSSR count). The number of anilines is 5. The van der Waals surface area contributed by atoms with E-state index in [1.54, 1.807) is 0 Å². The Bertz CT molecular complexity index is 1010. The van der Waals surface area contributed by atoms with Gasteiger partial charge in [0.2, 0.25) is 5.95 Å². The maximum Gasteiger partial charge on any atom is 0.229 e. The standard InChI is InChI=1S/C26H35N7/c1-4-5-6-9-21-11-13-22(14-12-21)29-25-20(2)24(27-3)30-26(31-25)33-18-16-32(17-19-33)23-10-7-8-15-28-23/h7-8,10-15H,4-6,9,16-19H2,1-3H3,(H2,27,29,30,31). The lowest BCUT2D eigenvalue weighted by molar-refractivity contribution is 0.635. The normalized spacial score (nSPS) is 13.8. The highest BCUT2D eigenvalue weighted by molar-refractivity contribution is 5.67. The molecule has 1 saturated heterocycles.